The highest BCUT2D eigenvalue weighted by atomic mass is 16.5. The van der Waals surface area contributed by atoms with Crippen molar-refractivity contribution in [3.8, 4) is 0 Å². The number of nitrogens with zero attached hydrogens (tertiary/aromatic N) is 1. The highest BCUT2D eigenvalue weighted by Crippen LogP contribution is 2.13. The summed E-state index contributed by atoms with van der Waals surface area (Å²) in [5, 5.41) is 2.94. The van der Waals surface area contributed by atoms with Gasteiger partial charge in [0.2, 0.25) is 0 Å². The second-order valence-electron chi connectivity index (χ2n) is 4.25. The molecule has 14 heavy (non-hydrogen) atoms. The van der Waals surface area contributed by atoms with E-state index in [1.165, 1.54) is 4.68 Å². The zero-order valence-electron chi connectivity index (χ0n) is 9.05. The summed E-state index contributed by atoms with van der Waals surface area (Å²) in [6, 6.07) is 0. The molecule has 0 saturated carbocycles. The highest BCUT2D eigenvalue weighted by molar-refractivity contribution is 5.40. The number of ether oxygens (including phenoxy) is 1. The molecule has 5 heteroatoms. The SMILES string of the molecule is COCc1[nH]n(C(C)(C)C)c(=O)c1N. The average Bonchev–Trinajstić information content (AvgIpc) is 2.32. The maximum Gasteiger partial charge on any atom is 0.290 e. The van der Waals surface area contributed by atoms with Crippen LogP contribution < -0.4 is 11.3 Å². The minimum atomic E-state index is -0.294. The van der Waals surface area contributed by atoms with Gasteiger partial charge in [-0.25, -0.2) is 4.68 Å². The first kappa shape index (κ1) is 10.8. The van der Waals surface area contributed by atoms with Crippen molar-refractivity contribution in [2.45, 2.75) is 32.9 Å². The lowest BCUT2D eigenvalue weighted by Gasteiger charge is -2.18. The van der Waals surface area contributed by atoms with Crippen molar-refractivity contribution in [1.29, 1.82) is 0 Å². The molecule has 1 rings (SSSR count). The van der Waals surface area contributed by atoms with Crippen molar-refractivity contribution < 1.29 is 4.74 Å². The normalized spacial score (nSPS) is 12.0. The Morgan fingerprint density at radius 2 is 2.07 bits per heavy atom. The summed E-state index contributed by atoms with van der Waals surface area (Å²) in [5.41, 5.74) is 6.03. The molecule has 0 radical (unpaired) electrons. The van der Waals surface area contributed by atoms with Gasteiger partial charge in [-0.2, -0.15) is 0 Å². The summed E-state index contributed by atoms with van der Waals surface area (Å²) >= 11 is 0. The zero-order chi connectivity index (χ0) is 10.9. The highest BCUT2D eigenvalue weighted by Gasteiger charge is 2.20. The Kier molecular flexibility index (Phi) is 2.71. The van der Waals surface area contributed by atoms with E-state index in [9.17, 15) is 4.79 Å². The number of methoxy groups -OCH3 is 1. The van der Waals surface area contributed by atoms with Gasteiger partial charge in [-0.3, -0.25) is 9.89 Å². The van der Waals surface area contributed by atoms with Gasteiger partial charge in [0.1, 0.15) is 5.69 Å². The maximum absolute atomic E-state index is 11.7. The molecule has 0 atom stereocenters. The van der Waals surface area contributed by atoms with E-state index in [4.69, 9.17) is 10.5 Å². The first-order valence-electron chi connectivity index (χ1n) is 4.46. The van der Waals surface area contributed by atoms with Crippen LogP contribution >= 0.6 is 0 Å². The van der Waals surface area contributed by atoms with E-state index >= 15 is 0 Å². The van der Waals surface area contributed by atoms with Crippen molar-refractivity contribution in [2.24, 2.45) is 0 Å². The van der Waals surface area contributed by atoms with Crippen LogP contribution in [0, 0.1) is 0 Å². The smallest absolute Gasteiger partial charge is 0.290 e. The average molecular weight is 199 g/mol. The van der Waals surface area contributed by atoms with Crippen LogP contribution in [-0.2, 0) is 16.9 Å². The van der Waals surface area contributed by atoms with Gasteiger partial charge in [0.15, 0.2) is 0 Å². The largest absolute Gasteiger partial charge is 0.393 e. The quantitative estimate of drug-likeness (QED) is 0.734. The molecule has 0 bridgehead atoms. The van der Waals surface area contributed by atoms with Gasteiger partial charge in [0.25, 0.3) is 5.56 Å². The number of aromatic amines is 1. The summed E-state index contributed by atoms with van der Waals surface area (Å²) in [6.07, 6.45) is 0. The standard InChI is InChI=1S/C9H17N3O2/c1-9(2,3)12-8(13)7(10)6(11-12)5-14-4/h11H,5,10H2,1-4H3. The molecule has 0 aliphatic rings. The molecule has 0 unspecified atom stereocenters. The molecule has 0 saturated heterocycles. The van der Waals surface area contributed by atoms with E-state index in [0.29, 0.717) is 12.3 Å². The van der Waals surface area contributed by atoms with Crippen LogP contribution in [0.3, 0.4) is 0 Å². The third kappa shape index (κ3) is 1.82. The molecule has 0 spiro atoms. The van der Waals surface area contributed by atoms with Crippen molar-refractivity contribution in [3.05, 3.63) is 16.0 Å². The molecule has 5 nitrogen and oxygen atoms in total. The summed E-state index contributed by atoms with van der Waals surface area (Å²) in [4.78, 5) is 11.7. The van der Waals surface area contributed by atoms with Crippen LogP contribution in [0.15, 0.2) is 4.79 Å². The lowest BCUT2D eigenvalue weighted by atomic mass is 10.1. The molecule has 1 aromatic rings. The predicted octanol–water partition coefficient (Wildman–Crippen LogP) is 0.660. The van der Waals surface area contributed by atoms with Crippen molar-refractivity contribution in [2.75, 3.05) is 12.8 Å². The minimum Gasteiger partial charge on any atom is -0.393 e. The third-order valence-corrected chi connectivity index (χ3v) is 1.96. The Morgan fingerprint density at radius 1 is 1.50 bits per heavy atom. The van der Waals surface area contributed by atoms with Crippen LogP contribution in [0.25, 0.3) is 0 Å². The van der Waals surface area contributed by atoms with E-state index in [0.717, 1.165) is 0 Å². The molecule has 0 amide bonds. The maximum atomic E-state index is 11.7. The van der Waals surface area contributed by atoms with Crippen molar-refractivity contribution in [1.82, 2.24) is 9.78 Å². The molecule has 1 heterocycles. The molecular weight excluding hydrogens is 182 g/mol. The van der Waals surface area contributed by atoms with Crippen molar-refractivity contribution >= 4 is 5.69 Å². The van der Waals surface area contributed by atoms with Gasteiger partial charge < -0.3 is 10.5 Å². The van der Waals surface area contributed by atoms with E-state index in [2.05, 4.69) is 5.10 Å². The number of anilines is 1. The number of aromatic nitrogens is 2. The second-order valence-corrected chi connectivity index (χ2v) is 4.25. The molecule has 80 valence electrons. The Morgan fingerprint density at radius 3 is 2.43 bits per heavy atom. The monoisotopic (exact) mass is 199 g/mol. The van der Waals surface area contributed by atoms with E-state index in [1.54, 1.807) is 7.11 Å². The minimum absolute atomic E-state index is 0.190. The Balaban J connectivity index is 3.23. The first-order valence-corrected chi connectivity index (χ1v) is 4.46. The van der Waals surface area contributed by atoms with E-state index < -0.39 is 0 Å². The van der Waals surface area contributed by atoms with Crippen LogP contribution in [0.4, 0.5) is 5.69 Å². The molecular formula is C9H17N3O2. The van der Waals surface area contributed by atoms with Crippen LogP contribution in [0.2, 0.25) is 0 Å². The van der Waals surface area contributed by atoms with Crippen LogP contribution in [-0.4, -0.2) is 16.9 Å². The molecule has 0 fully saturated rings. The van der Waals surface area contributed by atoms with Crippen LogP contribution in [0.1, 0.15) is 26.5 Å². The molecule has 3 N–H and O–H groups in total. The Labute approximate surface area is 82.8 Å². The number of nitrogens with one attached hydrogen (secondary N) is 1. The van der Waals surface area contributed by atoms with E-state index in [-0.39, 0.29) is 16.8 Å². The van der Waals surface area contributed by atoms with Gasteiger partial charge in [-0.05, 0) is 20.8 Å². The number of nitrogen functional groups attached to an aromatic ring is 1. The molecule has 0 aromatic carbocycles. The molecule has 0 aliphatic heterocycles. The van der Waals surface area contributed by atoms with Gasteiger partial charge in [-0.1, -0.05) is 0 Å². The number of rotatable bonds is 2. The Bertz CT molecular complexity index is 370. The fourth-order valence-electron chi connectivity index (χ4n) is 1.22. The number of hydrogen-bond donors (Lipinski definition) is 2. The summed E-state index contributed by atoms with van der Waals surface area (Å²) in [6.45, 7) is 6.12. The lowest BCUT2D eigenvalue weighted by Crippen LogP contribution is -2.33. The number of hydrogen-bond acceptors (Lipinski definition) is 3. The summed E-state index contributed by atoms with van der Waals surface area (Å²) < 4.78 is 6.44. The predicted molar refractivity (Wildman–Crippen MR) is 55.2 cm³/mol. The molecule has 1 aromatic heterocycles. The van der Waals surface area contributed by atoms with Crippen LogP contribution in [0.5, 0.6) is 0 Å². The number of nitrogens with two attached hydrogens (primary N) is 1. The van der Waals surface area contributed by atoms with Gasteiger partial charge >= 0.3 is 0 Å². The van der Waals surface area contributed by atoms with Crippen molar-refractivity contribution in [3.63, 3.8) is 0 Å². The summed E-state index contributed by atoms with van der Waals surface area (Å²) in [5.74, 6) is 0. The van der Waals surface area contributed by atoms with Gasteiger partial charge in [0, 0.05) is 7.11 Å². The topological polar surface area (TPSA) is 73.0 Å². The van der Waals surface area contributed by atoms with E-state index in [1.807, 2.05) is 20.8 Å². The first-order chi connectivity index (χ1) is 6.38. The fraction of sp³-hybridized carbons (Fsp3) is 0.667. The third-order valence-electron chi connectivity index (χ3n) is 1.96. The Hall–Kier alpha value is -1.23. The lowest BCUT2D eigenvalue weighted by molar-refractivity contribution is 0.180. The van der Waals surface area contributed by atoms with Gasteiger partial charge in [-0.15, -0.1) is 0 Å². The number of H-pyrrole nitrogens is 1. The zero-order valence-corrected chi connectivity index (χ0v) is 9.05. The second kappa shape index (κ2) is 3.49. The summed E-state index contributed by atoms with van der Waals surface area (Å²) in [7, 11) is 1.56. The molecule has 0 aliphatic carbocycles. The fourth-order valence-corrected chi connectivity index (χ4v) is 1.22. The van der Waals surface area contributed by atoms with Gasteiger partial charge in [0.05, 0.1) is 17.8 Å².